The van der Waals surface area contributed by atoms with Crippen LogP contribution in [0.3, 0.4) is 0 Å². The van der Waals surface area contributed by atoms with E-state index in [0.717, 1.165) is 5.56 Å². The lowest BCUT2D eigenvalue weighted by Gasteiger charge is -2.13. The van der Waals surface area contributed by atoms with Crippen molar-refractivity contribution in [1.29, 1.82) is 0 Å². The molecular weight excluding hydrogens is 180 g/mol. The van der Waals surface area contributed by atoms with Crippen molar-refractivity contribution in [2.45, 2.75) is 18.8 Å². The molecule has 76 valence electrons. The molecule has 3 heteroatoms. The molecule has 1 aromatic carbocycles. The predicted octanol–water partition coefficient (Wildman–Crippen LogP) is 0.963. The van der Waals surface area contributed by atoms with Crippen LogP contribution >= 0.6 is 0 Å². The van der Waals surface area contributed by atoms with E-state index in [0.29, 0.717) is 19.8 Å². The number of benzene rings is 1. The van der Waals surface area contributed by atoms with Gasteiger partial charge in [0.25, 0.3) is 0 Å². The van der Waals surface area contributed by atoms with Gasteiger partial charge in [-0.05, 0) is 5.56 Å². The van der Waals surface area contributed by atoms with Crippen molar-refractivity contribution < 1.29 is 14.6 Å². The van der Waals surface area contributed by atoms with Gasteiger partial charge < -0.3 is 14.6 Å². The summed E-state index contributed by atoms with van der Waals surface area (Å²) in [5.41, 5.74) is 1.12. The van der Waals surface area contributed by atoms with Crippen LogP contribution in [-0.4, -0.2) is 30.5 Å². The second-order valence-corrected chi connectivity index (χ2v) is 3.44. The third kappa shape index (κ3) is 2.32. The normalized spacial score (nSPS) is 26.6. The summed E-state index contributed by atoms with van der Waals surface area (Å²) >= 11 is 0. The van der Waals surface area contributed by atoms with Gasteiger partial charge in [-0.15, -0.1) is 0 Å². The summed E-state index contributed by atoms with van der Waals surface area (Å²) in [5.74, 6) is 0. The fraction of sp³-hybridized carbons (Fsp3) is 0.455. The molecular formula is C11H14O3. The van der Waals surface area contributed by atoms with E-state index in [9.17, 15) is 5.11 Å². The molecule has 1 saturated heterocycles. The van der Waals surface area contributed by atoms with Gasteiger partial charge in [0, 0.05) is 0 Å². The Labute approximate surface area is 83.3 Å². The highest BCUT2D eigenvalue weighted by molar-refractivity contribution is 5.13. The Balaban J connectivity index is 1.82. The third-order valence-corrected chi connectivity index (χ3v) is 2.31. The van der Waals surface area contributed by atoms with Crippen LogP contribution in [0, 0.1) is 0 Å². The smallest absolute Gasteiger partial charge is 0.109 e. The maximum atomic E-state index is 9.42. The second kappa shape index (κ2) is 4.55. The van der Waals surface area contributed by atoms with E-state index >= 15 is 0 Å². The molecule has 0 aromatic heterocycles. The van der Waals surface area contributed by atoms with Crippen LogP contribution in [0.15, 0.2) is 30.3 Å². The highest BCUT2D eigenvalue weighted by atomic mass is 16.6. The minimum Gasteiger partial charge on any atom is -0.388 e. The summed E-state index contributed by atoms with van der Waals surface area (Å²) in [6, 6.07) is 9.92. The van der Waals surface area contributed by atoms with E-state index in [1.54, 1.807) is 0 Å². The summed E-state index contributed by atoms with van der Waals surface area (Å²) < 4.78 is 10.6. The molecule has 0 aliphatic carbocycles. The zero-order valence-electron chi connectivity index (χ0n) is 7.93. The summed E-state index contributed by atoms with van der Waals surface area (Å²) in [4.78, 5) is 0. The molecule has 14 heavy (non-hydrogen) atoms. The molecule has 2 rings (SSSR count). The first kappa shape index (κ1) is 9.65. The third-order valence-electron chi connectivity index (χ3n) is 2.31. The Morgan fingerprint density at radius 2 is 2.07 bits per heavy atom. The lowest BCUT2D eigenvalue weighted by Crippen LogP contribution is -2.26. The Morgan fingerprint density at radius 3 is 2.71 bits per heavy atom. The maximum Gasteiger partial charge on any atom is 0.109 e. The Morgan fingerprint density at radius 1 is 1.29 bits per heavy atom. The van der Waals surface area contributed by atoms with E-state index in [2.05, 4.69) is 0 Å². The summed E-state index contributed by atoms with van der Waals surface area (Å²) in [7, 11) is 0. The highest BCUT2D eigenvalue weighted by Gasteiger charge is 2.26. The lowest BCUT2D eigenvalue weighted by atomic mass is 10.2. The van der Waals surface area contributed by atoms with Crippen LogP contribution < -0.4 is 0 Å². The molecule has 1 fully saturated rings. The number of aliphatic hydroxyl groups excluding tert-OH is 1. The van der Waals surface area contributed by atoms with Crippen molar-refractivity contribution >= 4 is 0 Å². The van der Waals surface area contributed by atoms with Crippen molar-refractivity contribution in [3.8, 4) is 0 Å². The van der Waals surface area contributed by atoms with E-state index in [1.165, 1.54) is 0 Å². The van der Waals surface area contributed by atoms with Gasteiger partial charge in [0.1, 0.15) is 12.2 Å². The Hall–Kier alpha value is -0.900. The summed E-state index contributed by atoms with van der Waals surface area (Å²) in [6.45, 7) is 1.42. The molecule has 0 saturated carbocycles. The first-order chi connectivity index (χ1) is 6.86. The van der Waals surface area contributed by atoms with Gasteiger partial charge in [0.15, 0.2) is 0 Å². The standard InChI is InChI=1S/C11H14O3/c12-10-7-13-8-11(10)14-6-9-4-2-1-3-5-9/h1-5,10-12H,6-8H2/t10-,11+/m1/s1. The average Bonchev–Trinajstić information content (AvgIpc) is 2.63. The van der Waals surface area contributed by atoms with Crippen LogP contribution in [0.2, 0.25) is 0 Å². The molecule has 1 N–H and O–H groups in total. The van der Waals surface area contributed by atoms with Crippen LogP contribution in [0.25, 0.3) is 0 Å². The maximum absolute atomic E-state index is 9.42. The SMILES string of the molecule is O[C@@H]1COC[C@@H]1OCc1ccccc1. The number of hydrogen-bond donors (Lipinski definition) is 1. The number of ether oxygens (including phenoxy) is 2. The molecule has 0 bridgehead atoms. The topological polar surface area (TPSA) is 38.7 Å². The fourth-order valence-corrected chi connectivity index (χ4v) is 1.46. The van der Waals surface area contributed by atoms with Crippen molar-refractivity contribution in [2.75, 3.05) is 13.2 Å². The quantitative estimate of drug-likeness (QED) is 0.779. The number of aliphatic hydroxyl groups is 1. The largest absolute Gasteiger partial charge is 0.388 e. The predicted molar refractivity (Wildman–Crippen MR) is 51.8 cm³/mol. The first-order valence-electron chi connectivity index (χ1n) is 4.77. The van der Waals surface area contributed by atoms with Crippen LogP contribution in [0.4, 0.5) is 0 Å². The van der Waals surface area contributed by atoms with Crippen LogP contribution in [0.1, 0.15) is 5.56 Å². The second-order valence-electron chi connectivity index (χ2n) is 3.44. The highest BCUT2D eigenvalue weighted by Crippen LogP contribution is 2.12. The first-order valence-corrected chi connectivity index (χ1v) is 4.77. The molecule has 0 radical (unpaired) electrons. The molecule has 0 unspecified atom stereocenters. The zero-order valence-corrected chi connectivity index (χ0v) is 7.93. The van der Waals surface area contributed by atoms with Gasteiger partial charge in [-0.3, -0.25) is 0 Å². The van der Waals surface area contributed by atoms with Gasteiger partial charge in [-0.2, -0.15) is 0 Å². The molecule has 0 spiro atoms. The van der Waals surface area contributed by atoms with Gasteiger partial charge in [-0.25, -0.2) is 0 Å². The van der Waals surface area contributed by atoms with E-state index < -0.39 is 6.10 Å². The summed E-state index contributed by atoms with van der Waals surface area (Å²) in [6.07, 6.45) is -0.645. The molecule has 1 aliphatic rings. The summed E-state index contributed by atoms with van der Waals surface area (Å²) in [5, 5.41) is 9.42. The Kier molecular flexibility index (Phi) is 3.14. The van der Waals surface area contributed by atoms with Gasteiger partial charge in [0.2, 0.25) is 0 Å². The number of hydrogen-bond acceptors (Lipinski definition) is 3. The zero-order chi connectivity index (χ0) is 9.80. The molecule has 1 aromatic rings. The van der Waals surface area contributed by atoms with Gasteiger partial charge >= 0.3 is 0 Å². The van der Waals surface area contributed by atoms with E-state index in [1.807, 2.05) is 30.3 Å². The molecule has 1 heterocycles. The Bertz CT molecular complexity index is 273. The average molecular weight is 194 g/mol. The van der Waals surface area contributed by atoms with Crippen molar-refractivity contribution in [3.05, 3.63) is 35.9 Å². The van der Waals surface area contributed by atoms with Gasteiger partial charge in [-0.1, -0.05) is 30.3 Å². The monoisotopic (exact) mass is 194 g/mol. The van der Waals surface area contributed by atoms with Gasteiger partial charge in [0.05, 0.1) is 19.8 Å². The van der Waals surface area contributed by atoms with Crippen molar-refractivity contribution in [3.63, 3.8) is 0 Å². The van der Waals surface area contributed by atoms with Crippen LogP contribution in [0.5, 0.6) is 0 Å². The molecule has 1 aliphatic heterocycles. The van der Waals surface area contributed by atoms with Crippen molar-refractivity contribution in [1.82, 2.24) is 0 Å². The fourth-order valence-electron chi connectivity index (χ4n) is 1.46. The minimum atomic E-state index is -0.473. The molecule has 2 atom stereocenters. The minimum absolute atomic E-state index is 0.171. The number of rotatable bonds is 3. The molecule has 0 amide bonds. The molecule has 3 nitrogen and oxygen atoms in total. The lowest BCUT2D eigenvalue weighted by molar-refractivity contribution is -0.0188. The van der Waals surface area contributed by atoms with E-state index in [-0.39, 0.29) is 6.10 Å². The van der Waals surface area contributed by atoms with Crippen molar-refractivity contribution in [2.24, 2.45) is 0 Å². The van der Waals surface area contributed by atoms with Crippen LogP contribution in [-0.2, 0) is 16.1 Å². The van der Waals surface area contributed by atoms with E-state index in [4.69, 9.17) is 9.47 Å².